The number of hydrogen-bond acceptors (Lipinski definition) is 3. The van der Waals surface area contributed by atoms with Gasteiger partial charge < -0.3 is 15.0 Å². The number of rotatable bonds is 5. The van der Waals surface area contributed by atoms with Crippen LogP contribution < -0.4 is 10.2 Å². The highest BCUT2D eigenvalue weighted by Gasteiger charge is 2.16. The molecule has 0 aliphatic carbocycles. The summed E-state index contributed by atoms with van der Waals surface area (Å²) < 4.78 is 4.83. The van der Waals surface area contributed by atoms with Crippen molar-refractivity contribution in [2.24, 2.45) is 5.92 Å². The maximum absolute atomic E-state index is 11.5. The van der Waals surface area contributed by atoms with Gasteiger partial charge in [-0.05, 0) is 43.4 Å². The molecule has 1 aliphatic heterocycles. The summed E-state index contributed by atoms with van der Waals surface area (Å²) in [6.45, 7) is 6.70. The number of ether oxygens (including phenoxy) is 1. The summed E-state index contributed by atoms with van der Waals surface area (Å²) in [6, 6.07) is 8.52. The van der Waals surface area contributed by atoms with Crippen LogP contribution >= 0.6 is 0 Å². The van der Waals surface area contributed by atoms with Crippen LogP contribution in [0.3, 0.4) is 0 Å². The number of carbonyl (C=O) groups excluding carboxylic acids is 1. The normalized spacial score (nSPS) is 17.6. The van der Waals surface area contributed by atoms with Crippen LogP contribution in [0.5, 0.6) is 0 Å². The lowest BCUT2D eigenvalue weighted by Gasteiger charge is -2.32. The fourth-order valence-electron chi connectivity index (χ4n) is 2.74. The smallest absolute Gasteiger partial charge is 0.246 e. The molecule has 1 atom stereocenters. The van der Waals surface area contributed by atoms with Crippen LogP contribution in [0.15, 0.2) is 24.3 Å². The molecule has 0 radical (unpaired) electrons. The van der Waals surface area contributed by atoms with Crippen molar-refractivity contribution in [2.75, 3.05) is 31.7 Å². The summed E-state index contributed by atoms with van der Waals surface area (Å²) >= 11 is 0. The quantitative estimate of drug-likeness (QED) is 0.906. The van der Waals surface area contributed by atoms with Crippen molar-refractivity contribution < 1.29 is 9.53 Å². The SMILES string of the molecule is COCC(=O)NC(C)c1ccc(N2CCC(C)CC2)cc1. The molecule has 0 aromatic heterocycles. The Morgan fingerprint density at radius 2 is 1.95 bits per heavy atom. The van der Waals surface area contributed by atoms with Crippen LogP contribution in [0.2, 0.25) is 0 Å². The summed E-state index contributed by atoms with van der Waals surface area (Å²) in [5.74, 6) is 0.760. The molecule has 1 fully saturated rings. The molecular weight excluding hydrogens is 264 g/mol. The highest BCUT2D eigenvalue weighted by molar-refractivity contribution is 5.77. The van der Waals surface area contributed by atoms with E-state index in [2.05, 4.69) is 41.4 Å². The zero-order chi connectivity index (χ0) is 15.2. The summed E-state index contributed by atoms with van der Waals surface area (Å²) in [7, 11) is 1.53. The number of amides is 1. The van der Waals surface area contributed by atoms with Crippen LogP contribution in [-0.2, 0) is 9.53 Å². The lowest BCUT2D eigenvalue weighted by molar-refractivity contribution is -0.125. The Bertz CT molecular complexity index is 450. The molecule has 1 aliphatic rings. The Morgan fingerprint density at radius 3 is 2.52 bits per heavy atom. The van der Waals surface area contributed by atoms with Gasteiger partial charge in [0.05, 0.1) is 6.04 Å². The van der Waals surface area contributed by atoms with E-state index in [1.54, 1.807) is 0 Å². The van der Waals surface area contributed by atoms with Gasteiger partial charge in [0.2, 0.25) is 5.91 Å². The van der Waals surface area contributed by atoms with Crippen molar-refractivity contribution in [1.82, 2.24) is 5.32 Å². The van der Waals surface area contributed by atoms with E-state index in [4.69, 9.17) is 4.74 Å². The van der Waals surface area contributed by atoms with E-state index < -0.39 is 0 Å². The van der Waals surface area contributed by atoms with E-state index in [0.29, 0.717) is 0 Å². The number of nitrogens with zero attached hydrogens (tertiary/aromatic N) is 1. The topological polar surface area (TPSA) is 41.6 Å². The van der Waals surface area contributed by atoms with Gasteiger partial charge in [0.15, 0.2) is 0 Å². The molecule has 1 saturated heterocycles. The van der Waals surface area contributed by atoms with Crippen LogP contribution in [0.25, 0.3) is 0 Å². The van der Waals surface area contributed by atoms with E-state index >= 15 is 0 Å². The highest BCUT2D eigenvalue weighted by Crippen LogP contribution is 2.24. The third kappa shape index (κ3) is 4.46. The number of benzene rings is 1. The van der Waals surface area contributed by atoms with E-state index in [1.807, 2.05) is 6.92 Å². The maximum Gasteiger partial charge on any atom is 0.246 e. The minimum atomic E-state index is -0.0842. The summed E-state index contributed by atoms with van der Waals surface area (Å²) in [6.07, 6.45) is 2.54. The molecule has 1 heterocycles. The van der Waals surface area contributed by atoms with Crippen LogP contribution in [-0.4, -0.2) is 32.7 Å². The third-order valence-corrected chi connectivity index (χ3v) is 4.19. The number of carbonyl (C=O) groups is 1. The van der Waals surface area contributed by atoms with Crippen LogP contribution in [0.1, 0.15) is 38.3 Å². The molecule has 4 nitrogen and oxygen atoms in total. The second-order valence-corrected chi connectivity index (χ2v) is 5.98. The first-order chi connectivity index (χ1) is 10.1. The average molecular weight is 290 g/mol. The number of nitrogens with one attached hydrogen (secondary N) is 1. The fourth-order valence-corrected chi connectivity index (χ4v) is 2.74. The first-order valence-electron chi connectivity index (χ1n) is 7.73. The zero-order valence-corrected chi connectivity index (χ0v) is 13.3. The van der Waals surface area contributed by atoms with E-state index in [9.17, 15) is 4.79 Å². The van der Waals surface area contributed by atoms with E-state index in [0.717, 1.165) is 24.6 Å². The van der Waals surface area contributed by atoms with Gasteiger partial charge >= 0.3 is 0 Å². The van der Waals surface area contributed by atoms with Gasteiger partial charge in [0, 0.05) is 25.9 Å². The van der Waals surface area contributed by atoms with Crippen LogP contribution in [0.4, 0.5) is 5.69 Å². The highest BCUT2D eigenvalue weighted by atomic mass is 16.5. The molecule has 116 valence electrons. The molecule has 1 N–H and O–H groups in total. The summed E-state index contributed by atoms with van der Waals surface area (Å²) in [5, 5.41) is 2.92. The lowest BCUT2D eigenvalue weighted by atomic mass is 9.98. The number of methoxy groups -OCH3 is 1. The Kier molecular flexibility index (Phi) is 5.62. The number of piperidine rings is 1. The van der Waals surface area contributed by atoms with E-state index in [1.165, 1.54) is 25.6 Å². The molecule has 1 aromatic carbocycles. The van der Waals surface area contributed by atoms with E-state index in [-0.39, 0.29) is 18.6 Å². The fraction of sp³-hybridized carbons (Fsp3) is 0.588. The second kappa shape index (κ2) is 7.46. The van der Waals surface area contributed by atoms with Gasteiger partial charge in [-0.1, -0.05) is 19.1 Å². The van der Waals surface area contributed by atoms with Gasteiger partial charge in [-0.2, -0.15) is 0 Å². The summed E-state index contributed by atoms with van der Waals surface area (Å²) in [4.78, 5) is 14.0. The average Bonchev–Trinajstić information content (AvgIpc) is 2.48. The van der Waals surface area contributed by atoms with Crippen molar-refractivity contribution >= 4 is 11.6 Å². The van der Waals surface area contributed by atoms with Crippen molar-refractivity contribution in [2.45, 2.75) is 32.7 Å². The molecule has 0 saturated carbocycles. The van der Waals surface area contributed by atoms with Gasteiger partial charge in [-0.25, -0.2) is 0 Å². The standard InChI is InChI=1S/C17H26N2O2/c1-13-8-10-19(11-9-13)16-6-4-15(5-7-16)14(2)18-17(20)12-21-3/h4-7,13-14H,8-12H2,1-3H3,(H,18,20). The van der Waals surface area contributed by atoms with Crippen molar-refractivity contribution in [1.29, 1.82) is 0 Å². The van der Waals surface area contributed by atoms with Gasteiger partial charge in [-0.15, -0.1) is 0 Å². The Balaban J connectivity index is 1.93. The Morgan fingerprint density at radius 1 is 1.33 bits per heavy atom. The summed E-state index contributed by atoms with van der Waals surface area (Å²) in [5.41, 5.74) is 2.40. The molecule has 1 aromatic rings. The van der Waals surface area contributed by atoms with Gasteiger partial charge in [0.1, 0.15) is 6.61 Å². The lowest BCUT2D eigenvalue weighted by Crippen LogP contribution is -2.32. The minimum Gasteiger partial charge on any atom is -0.375 e. The first-order valence-corrected chi connectivity index (χ1v) is 7.73. The first kappa shape index (κ1) is 15.8. The second-order valence-electron chi connectivity index (χ2n) is 5.98. The zero-order valence-electron chi connectivity index (χ0n) is 13.3. The monoisotopic (exact) mass is 290 g/mol. The van der Waals surface area contributed by atoms with Gasteiger partial charge in [0.25, 0.3) is 0 Å². The molecule has 4 heteroatoms. The van der Waals surface area contributed by atoms with Crippen molar-refractivity contribution in [3.8, 4) is 0 Å². The maximum atomic E-state index is 11.5. The molecular formula is C17H26N2O2. The van der Waals surface area contributed by atoms with Crippen molar-refractivity contribution in [3.63, 3.8) is 0 Å². The molecule has 0 spiro atoms. The third-order valence-electron chi connectivity index (χ3n) is 4.19. The minimum absolute atomic E-state index is 0.00285. The Labute approximate surface area is 127 Å². The molecule has 2 rings (SSSR count). The number of anilines is 1. The predicted molar refractivity (Wildman–Crippen MR) is 85.5 cm³/mol. The van der Waals surface area contributed by atoms with Gasteiger partial charge in [-0.3, -0.25) is 4.79 Å². The molecule has 1 unspecified atom stereocenters. The van der Waals surface area contributed by atoms with Crippen molar-refractivity contribution in [3.05, 3.63) is 29.8 Å². The molecule has 21 heavy (non-hydrogen) atoms. The molecule has 0 bridgehead atoms. The molecule has 1 amide bonds. The van der Waals surface area contributed by atoms with Crippen LogP contribution in [0, 0.1) is 5.92 Å². The largest absolute Gasteiger partial charge is 0.375 e. The predicted octanol–water partition coefficient (Wildman–Crippen LogP) is 2.75. The Hall–Kier alpha value is -1.55. The number of hydrogen-bond donors (Lipinski definition) is 1.